The molecule has 1 aliphatic heterocycles. The van der Waals surface area contributed by atoms with Crippen LogP contribution in [0.4, 0.5) is 5.82 Å². The molecule has 7 heteroatoms. The number of hydrogen-bond acceptors (Lipinski definition) is 6. The molecule has 0 spiro atoms. The van der Waals surface area contributed by atoms with E-state index in [0.717, 1.165) is 44.2 Å². The number of pyridine rings is 1. The van der Waals surface area contributed by atoms with Crippen LogP contribution < -0.4 is 10.6 Å². The minimum absolute atomic E-state index is 0.0309. The Labute approximate surface area is 163 Å². The van der Waals surface area contributed by atoms with Crippen LogP contribution in [0.2, 0.25) is 0 Å². The number of amides is 1. The average molecular weight is 377 g/mol. The fraction of sp³-hybridized carbons (Fsp3) is 0.333. The number of rotatable bonds is 6. The second-order valence-electron chi connectivity index (χ2n) is 6.92. The summed E-state index contributed by atoms with van der Waals surface area (Å²) in [6, 6.07) is 13.7. The third-order valence-corrected chi connectivity index (χ3v) is 4.82. The quantitative estimate of drug-likeness (QED) is 0.686. The Hall–Kier alpha value is -3.22. The van der Waals surface area contributed by atoms with Gasteiger partial charge in [-0.3, -0.25) is 4.79 Å². The molecule has 2 N–H and O–H groups in total. The summed E-state index contributed by atoms with van der Waals surface area (Å²) in [6.07, 6.45) is 6.11. The van der Waals surface area contributed by atoms with Crippen LogP contribution in [0.3, 0.4) is 0 Å². The third-order valence-electron chi connectivity index (χ3n) is 4.82. The number of carbonyl (C=O) groups is 1. The van der Waals surface area contributed by atoms with Crippen LogP contribution in [-0.2, 0) is 17.6 Å². The first-order chi connectivity index (χ1) is 13.8. The van der Waals surface area contributed by atoms with Gasteiger partial charge in [0.1, 0.15) is 11.9 Å². The molecular formula is C21H23N5O2. The molecule has 1 amide bonds. The summed E-state index contributed by atoms with van der Waals surface area (Å²) in [6.45, 7) is 0.743. The topological polar surface area (TPSA) is 92.9 Å². The van der Waals surface area contributed by atoms with Gasteiger partial charge in [-0.1, -0.05) is 35.5 Å². The van der Waals surface area contributed by atoms with Gasteiger partial charge in [0, 0.05) is 19.2 Å². The summed E-state index contributed by atoms with van der Waals surface area (Å²) in [5.74, 6) is 1.82. The van der Waals surface area contributed by atoms with Crippen molar-refractivity contribution in [3.8, 4) is 11.5 Å². The highest BCUT2D eigenvalue weighted by atomic mass is 16.5. The second kappa shape index (κ2) is 8.65. The molecule has 3 heterocycles. The molecule has 1 aliphatic rings. The van der Waals surface area contributed by atoms with E-state index < -0.39 is 0 Å². The summed E-state index contributed by atoms with van der Waals surface area (Å²) >= 11 is 0. The molecule has 0 unspecified atom stereocenters. The van der Waals surface area contributed by atoms with Crippen molar-refractivity contribution in [1.29, 1.82) is 0 Å². The van der Waals surface area contributed by atoms with Gasteiger partial charge in [0.25, 0.3) is 5.89 Å². The Bertz CT molecular complexity index is 908. The van der Waals surface area contributed by atoms with Crippen LogP contribution in [0.1, 0.15) is 30.7 Å². The lowest BCUT2D eigenvalue weighted by atomic mass is 10.1. The number of nitrogens with zero attached hydrogens (tertiary/aromatic N) is 3. The molecule has 1 atom stereocenters. The molecule has 1 saturated heterocycles. The van der Waals surface area contributed by atoms with Crippen molar-refractivity contribution in [2.24, 2.45) is 0 Å². The molecule has 0 radical (unpaired) electrons. The molecule has 144 valence electrons. The van der Waals surface area contributed by atoms with Crippen LogP contribution in [0.25, 0.3) is 11.5 Å². The number of aromatic nitrogens is 3. The van der Waals surface area contributed by atoms with Gasteiger partial charge in [0.15, 0.2) is 5.82 Å². The van der Waals surface area contributed by atoms with E-state index in [1.54, 1.807) is 6.20 Å². The molecule has 7 nitrogen and oxygen atoms in total. The summed E-state index contributed by atoms with van der Waals surface area (Å²) in [4.78, 5) is 20.9. The Morgan fingerprint density at radius 1 is 1.11 bits per heavy atom. The highest BCUT2D eigenvalue weighted by Gasteiger charge is 2.20. The molecule has 0 bridgehead atoms. The number of aryl methyl sites for hydroxylation is 2. The van der Waals surface area contributed by atoms with Crippen LogP contribution in [0.15, 0.2) is 53.2 Å². The SMILES string of the molecule is O=C1NCCCC[C@@H]1Nc1ccc(-c2nc(CCc3ccccc3)no2)cn1. The number of anilines is 1. The molecule has 1 fully saturated rings. The molecule has 0 saturated carbocycles. The number of carbonyl (C=O) groups excluding carboxylic acids is 1. The number of benzene rings is 1. The lowest BCUT2D eigenvalue weighted by molar-refractivity contribution is -0.121. The van der Waals surface area contributed by atoms with E-state index in [2.05, 4.69) is 37.9 Å². The van der Waals surface area contributed by atoms with E-state index >= 15 is 0 Å². The van der Waals surface area contributed by atoms with Gasteiger partial charge in [-0.25, -0.2) is 4.98 Å². The maximum absolute atomic E-state index is 12.0. The average Bonchev–Trinajstić information content (AvgIpc) is 3.12. The van der Waals surface area contributed by atoms with E-state index in [9.17, 15) is 4.79 Å². The summed E-state index contributed by atoms with van der Waals surface area (Å²) < 4.78 is 5.38. The van der Waals surface area contributed by atoms with Gasteiger partial charge in [-0.05, 0) is 43.4 Å². The van der Waals surface area contributed by atoms with E-state index in [-0.39, 0.29) is 11.9 Å². The van der Waals surface area contributed by atoms with Crippen molar-refractivity contribution in [2.45, 2.75) is 38.1 Å². The molecular weight excluding hydrogens is 354 g/mol. The maximum atomic E-state index is 12.0. The van der Waals surface area contributed by atoms with Crippen molar-refractivity contribution in [3.63, 3.8) is 0 Å². The Morgan fingerprint density at radius 2 is 2.00 bits per heavy atom. The standard InChI is InChI=1S/C21H23N5O2/c27-20-17(8-4-5-13-22-20)24-18-12-10-16(14-23-18)21-25-19(26-28-21)11-9-15-6-2-1-3-7-15/h1-3,6-7,10,12,14,17H,4-5,8-9,11,13H2,(H,22,27)(H,23,24)/t17-/m0/s1. The first-order valence-electron chi connectivity index (χ1n) is 9.65. The van der Waals surface area contributed by atoms with Crippen LogP contribution in [-0.4, -0.2) is 33.6 Å². The van der Waals surface area contributed by atoms with Crippen molar-refractivity contribution >= 4 is 11.7 Å². The maximum Gasteiger partial charge on any atom is 0.259 e. The van der Waals surface area contributed by atoms with Gasteiger partial charge < -0.3 is 15.2 Å². The van der Waals surface area contributed by atoms with E-state index in [1.165, 1.54) is 5.56 Å². The monoisotopic (exact) mass is 377 g/mol. The van der Waals surface area contributed by atoms with Gasteiger partial charge in [0.2, 0.25) is 5.91 Å². The van der Waals surface area contributed by atoms with Crippen LogP contribution in [0, 0.1) is 0 Å². The van der Waals surface area contributed by atoms with Crippen molar-refractivity contribution in [2.75, 3.05) is 11.9 Å². The highest BCUT2D eigenvalue weighted by molar-refractivity contribution is 5.84. The summed E-state index contributed by atoms with van der Waals surface area (Å²) in [7, 11) is 0. The Morgan fingerprint density at radius 3 is 2.82 bits per heavy atom. The zero-order valence-electron chi connectivity index (χ0n) is 15.6. The first kappa shape index (κ1) is 18.2. The van der Waals surface area contributed by atoms with Gasteiger partial charge in [0.05, 0.1) is 5.56 Å². The number of nitrogens with one attached hydrogen (secondary N) is 2. The van der Waals surface area contributed by atoms with Gasteiger partial charge in [-0.2, -0.15) is 4.98 Å². The Balaban J connectivity index is 1.37. The van der Waals surface area contributed by atoms with Crippen LogP contribution in [0.5, 0.6) is 0 Å². The summed E-state index contributed by atoms with van der Waals surface area (Å²) in [5.41, 5.74) is 2.00. The largest absolute Gasteiger partial charge is 0.358 e. The molecule has 3 aromatic rings. The predicted molar refractivity (Wildman–Crippen MR) is 106 cm³/mol. The third kappa shape index (κ3) is 4.54. The first-order valence-corrected chi connectivity index (χ1v) is 9.65. The lowest BCUT2D eigenvalue weighted by Crippen LogP contribution is -2.38. The smallest absolute Gasteiger partial charge is 0.259 e. The lowest BCUT2D eigenvalue weighted by Gasteiger charge is -2.15. The molecule has 1 aromatic carbocycles. The van der Waals surface area contributed by atoms with E-state index in [1.807, 2.05) is 30.3 Å². The van der Waals surface area contributed by atoms with E-state index in [4.69, 9.17) is 4.52 Å². The fourth-order valence-corrected chi connectivity index (χ4v) is 3.23. The number of hydrogen-bond donors (Lipinski definition) is 2. The fourth-order valence-electron chi connectivity index (χ4n) is 3.23. The zero-order valence-corrected chi connectivity index (χ0v) is 15.6. The van der Waals surface area contributed by atoms with Crippen molar-refractivity contribution in [1.82, 2.24) is 20.4 Å². The Kier molecular flexibility index (Phi) is 5.61. The molecule has 4 rings (SSSR count). The predicted octanol–water partition coefficient (Wildman–Crippen LogP) is 3.00. The normalized spacial score (nSPS) is 17.0. The minimum atomic E-state index is -0.242. The molecule has 0 aliphatic carbocycles. The molecule has 28 heavy (non-hydrogen) atoms. The van der Waals surface area contributed by atoms with Gasteiger partial charge >= 0.3 is 0 Å². The van der Waals surface area contributed by atoms with Gasteiger partial charge in [-0.15, -0.1) is 0 Å². The van der Waals surface area contributed by atoms with Crippen molar-refractivity contribution in [3.05, 3.63) is 60.0 Å². The molecule has 2 aromatic heterocycles. The second-order valence-corrected chi connectivity index (χ2v) is 6.92. The van der Waals surface area contributed by atoms with Crippen molar-refractivity contribution < 1.29 is 9.32 Å². The minimum Gasteiger partial charge on any atom is -0.358 e. The van der Waals surface area contributed by atoms with E-state index in [0.29, 0.717) is 17.5 Å². The van der Waals surface area contributed by atoms with Crippen LogP contribution >= 0.6 is 0 Å². The highest BCUT2D eigenvalue weighted by Crippen LogP contribution is 2.19. The summed E-state index contributed by atoms with van der Waals surface area (Å²) in [5, 5.41) is 10.2. The zero-order chi connectivity index (χ0) is 19.2.